The fourth-order valence-corrected chi connectivity index (χ4v) is 1.69. The summed E-state index contributed by atoms with van der Waals surface area (Å²) >= 11 is 0. The van der Waals surface area contributed by atoms with Crippen molar-refractivity contribution < 1.29 is 9.90 Å². The maximum absolute atomic E-state index is 10.7. The molecule has 0 aliphatic heterocycles. The quantitative estimate of drug-likeness (QED) is 0.808. The van der Waals surface area contributed by atoms with E-state index in [4.69, 9.17) is 5.73 Å². The van der Waals surface area contributed by atoms with Crippen LogP contribution in [0.1, 0.15) is 5.56 Å². The molecule has 0 aliphatic rings. The topological polar surface area (TPSA) is 63.3 Å². The molecule has 0 heterocycles. The largest absolute Gasteiger partial charge is 0.508 e. The summed E-state index contributed by atoms with van der Waals surface area (Å²) in [6.07, 6.45) is 2.98. The summed E-state index contributed by atoms with van der Waals surface area (Å²) in [4.78, 5) is 10.7. The molecule has 3 N–H and O–H groups in total. The number of hydrogen-bond acceptors (Lipinski definition) is 2. The molecule has 0 saturated carbocycles. The zero-order chi connectivity index (χ0) is 13.0. The normalized spacial score (nSPS) is 10.7. The molecule has 0 fully saturated rings. The van der Waals surface area contributed by atoms with Gasteiger partial charge in [0.05, 0.1) is 0 Å². The first-order valence-corrected chi connectivity index (χ1v) is 5.52. The molecule has 3 heteroatoms. The van der Waals surface area contributed by atoms with Gasteiger partial charge in [-0.1, -0.05) is 30.3 Å². The van der Waals surface area contributed by atoms with Crippen LogP contribution in [0.25, 0.3) is 17.2 Å². The molecule has 0 unspecified atom stereocenters. The number of phenols is 1. The lowest BCUT2D eigenvalue weighted by atomic mass is 10.0. The molecule has 2 aromatic rings. The van der Waals surface area contributed by atoms with Crippen molar-refractivity contribution in [1.29, 1.82) is 0 Å². The number of aromatic hydroxyl groups is 1. The van der Waals surface area contributed by atoms with E-state index in [9.17, 15) is 9.90 Å². The molecule has 0 bridgehead atoms. The van der Waals surface area contributed by atoms with Crippen molar-refractivity contribution in [3.8, 4) is 16.9 Å². The van der Waals surface area contributed by atoms with E-state index in [0.717, 1.165) is 16.7 Å². The molecule has 2 rings (SSSR count). The van der Waals surface area contributed by atoms with Gasteiger partial charge in [-0.3, -0.25) is 4.79 Å². The number of rotatable bonds is 3. The third-order valence-electron chi connectivity index (χ3n) is 2.51. The summed E-state index contributed by atoms with van der Waals surface area (Å²) in [5.74, 6) is -0.247. The van der Waals surface area contributed by atoms with Crippen LogP contribution in [0.4, 0.5) is 0 Å². The molecule has 0 spiro atoms. The van der Waals surface area contributed by atoms with Crippen molar-refractivity contribution in [1.82, 2.24) is 0 Å². The first-order valence-electron chi connectivity index (χ1n) is 5.52. The summed E-state index contributed by atoms with van der Waals surface area (Å²) in [7, 11) is 0. The molecule has 1 amide bonds. The molecule has 18 heavy (non-hydrogen) atoms. The summed E-state index contributed by atoms with van der Waals surface area (Å²) in [6, 6.07) is 14.7. The van der Waals surface area contributed by atoms with E-state index in [-0.39, 0.29) is 5.75 Å². The fraction of sp³-hybridized carbons (Fsp3) is 0. The average molecular weight is 239 g/mol. The lowest BCUT2D eigenvalue weighted by Gasteiger charge is -2.03. The van der Waals surface area contributed by atoms with Crippen LogP contribution in [-0.4, -0.2) is 11.0 Å². The third-order valence-corrected chi connectivity index (χ3v) is 2.51. The Morgan fingerprint density at radius 3 is 2.39 bits per heavy atom. The van der Waals surface area contributed by atoms with E-state index in [0.29, 0.717) is 0 Å². The van der Waals surface area contributed by atoms with Gasteiger partial charge in [-0.2, -0.15) is 0 Å². The Balaban J connectivity index is 2.35. The number of nitrogens with two attached hydrogens (primary N) is 1. The Kier molecular flexibility index (Phi) is 3.44. The molecule has 0 aliphatic carbocycles. The molecule has 2 aromatic carbocycles. The van der Waals surface area contributed by atoms with Gasteiger partial charge in [0.2, 0.25) is 5.91 Å². The van der Waals surface area contributed by atoms with Crippen molar-refractivity contribution in [3.63, 3.8) is 0 Å². The number of amides is 1. The van der Waals surface area contributed by atoms with Gasteiger partial charge in [0, 0.05) is 6.08 Å². The van der Waals surface area contributed by atoms with E-state index < -0.39 is 5.91 Å². The Labute approximate surface area is 105 Å². The number of hydrogen-bond donors (Lipinski definition) is 2. The van der Waals surface area contributed by atoms with Crippen LogP contribution in [0.5, 0.6) is 5.75 Å². The molecule has 0 saturated heterocycles. The average Bonchev–Trinajstić information content (AvgIpc) is 2.37. The van der Waals surface area contributed by atoms with Gasteiger partial charge < -0.3 is 10.8 Å². The highest BCUT2D eigenvalue weighted by Gasteiger charge is 1.99. The molecular formula is C15H13NO2. The second-order valence-corrected chi connectivity index (χ2v) is 3.91. The van der Waals surface area contributed by atoms with E-state index in [1.54, 1.807) is 24.3 Å². The second-order valence-electron chi connectivity index (χ2n) is 3.91. The molecule has 3 nitrogen and oxygen atoms in total. The minimum Gasteiger partial charge on any atom is -0.508 e. The van der Waals surface area contributed by atoms with Crippen LogP contribution in [0.3, 0.4) is 0 Å². The summed E-state index contributed by atoms with van der Waals surface area (Å²) < 4.78 is 0. The molecular weight excluding hydrogens is 226 g/mol. The van der Waals surface area contributed by atoms with Crippen LogP contribution < -0.4 is 5.73 Å². The van der Waals surface area contributed by atoms with Crippen molar-refractivity contribution in [3.05, 3.63) is 60.2 Å². The Morgan fingerprint density at radius 2 is 1.72 bits per heavy atom. The first kappa shape index (κ1) is 11.9. The van der Waals surface area contributed by atoms with Crippen LogP contribution in [-0.2, 0) is 4.79 Å². The zero-order valence-electron chi connectivity index (χ0n) is 9.71. The second kappa shape index (κ2) is 5.19. The Morgan fingerprint density at radius 1 is 1.06 bits per heavy atom. The Hall–Kier alpha value is -2.55. The number of primary amides is 1. The van der Waals surface area contributed by atoms with Gasteiger partial charge in [0.15, 0.2) is 0 Å². The van der Waals surface area contributed by atoms with E-state index in [1.807, 2.05) is 30.3 Å². The Bertz CT molecular complexity index is 603. The highest BCUT2D eigenvalue weighted by atomic mass is 16.3. The molecule has 0 aromatic heterocycles. The highest BCUT2D eigenvalue weighted by molar-refractivity contribution is 5.90. The van der Waals surface area contributed by atoms with Crippen LogP contribution >= 0.6 is 0 Å². The summed E-state index contributed by atoms with van der Waals surface area (Å²) in [6.45, 7) is 0. The zero-order valence-corrected chi connectivity index (χ0v) is 9.71. The fourth-order valence-electron chi connectivity index (χ4n) is 1.69. The van der Waals surface area contributed by atoms with Crippen molar-refractivity contribution >= 4 is 12.0 Å². The predicted molar refractivity (Wildman–Crippen MR) is 71.8 cm³/mol. The first-order chi connectivity index (χ1) is 8.65. The van der Waals surface area contributed by atoms with Crippen molar-refractivity contribution in [2.24, 2.45) is 5.73 Å². The van der Waals surface area contributed by atoms with Crippen LogP contribution in [0, 0.1) is 0 Å². The third kappa shape index (κ3) is 2.98. The lowest BCUT2D eigenvalue weighted by Crippen LogP contribution is -2.05. The molecule has 0 radical (unpaired) electrons. The summed E-state index contributed by atoms with van der Waals surface area (Å²) in [5, 5.41) is 9.44. The summed E-state index contributed by atoms with van der Waals surface area (Å²) in [5.41, 5.74) is 7.83. The van der Waals surface area contributed by atoms with E-state index >= 15 is 0 Å². The van der Waals surface area contributed by atoms with E-state index in [1.165, 1.54) is 6.08 Å². The number of phenolic OH excluding ortho intramolecular Hbond substituents is 1. The SMILES string of the molecule is NC(=O)/C=C\c1cccc(-c2cccc(O)c2)c1. The van der Waals surface area contributed by atoms with Gasteiger partial charge in [-0.15, -0.1) is 0 Å². The molecule has 0 atom stereocenters. The highest BCUT2D eigenvalue weighted by Crippen LogP contribution is 2.24. The monoisotopic (exact) mass is 239 g/mol. The number of carbonyl (C=O) groups excluding carboxylic acids is 1. The van der Waals surface area contributed by atoms with Gasteiger partial charge in [0.1, 0.15) is 5.75 Å². The van der Waals surface area contributed by atoms with Crippen LogP contribution in [0.2, 0.25) is 0 Å². The lowest BCUT2D eigenvalue weighted by molar-refractivity contribution is -0.113. The van der Waals surface area contributed by atoms with Crippen LogP contribution in [0.15, 0.2) is 54.6 Å². The van der Waals surface area contributed by atoms with Gasteiger partial charge in [0.25, 0.3) is 0 Å². The molecule has 90 valence electrons. The van der Waals surface area contributed by atoms with Crippen molar-refractivity contribution in [2.75, 3.05) is 0 Å². The number of carbonyl (C=O) groups is 1. The maximum Gasteiger partial charge on any atom is 0.241 e. The van der Waals surface area contributed by atoms with E-state index in [2.05, 4.69) is 0 Å². The van der Waals surface area contributed by atoms with Gasteiger partial charge >= 0.3 is 0 Å². The van der Waals surface area contributed by atoms with Gasteiger partial charge in [-0.05, 0) is 41.0 Å². The standard InChI is InChI=1S/C15H13NO2/c16-15(18)8-7-11-3-1-4-12(9-11)13-5-2-6-14(17)10-13/h1-10,17H,(H2,16,18)/b8-7-. The smallest absolute Gasteiger partial charge is 0.241 e. The van der Waals surface area contributed by atoms with Gasteiger partial charge in [-0.25, -0.2) is 0 Å². The maximum atomic E-state index is 10.7. The minimum atomic E-state index is -0.474. The van der Waals surface area contributed by atoms with Crippen molar-refractivity contribution in [2.45, 2.75) is 0 Å². The predicted octanol–water partition coefficient (Wildman–Crippen LogP) is 2.56. The number of benzene rings is 2. The minimum absolute atomic E-state index is 0.227.